The van der Waals surface area contributed by atoms with Crippen molar-refractivity contribution in [2.24, 2.45) is 0 Å². The van der Waals surface area contributed by atoms with E-state index in [0.717, 1.165) is 11.3 Å². The maximum atomic E-state index is 12.4. The predicted molar refractivity (Wildman–Crippen MR) is 105 cm³/mol. The number of carbonyl (C=O) groups is 2. The van der Waals surface area contributed by atoms with Crippen LogP contribution in [0.15, 0.2) is 48.5 Å². The van der Waals surface area contributed by atoms with Gasteiger partial charge < -0.3 is 4.74 Å². The lowest BCUT2D eigenvalue weighted by Crippen LogP contribution is -2.41. The molecular weight excluding hydrogens is 386 g/mol. The molecule has 3 aromatic rings. The summed E-state index contributed by atoms with van der Waals surface area (Å²) in [5.41, 5.74) is 6.66. The van der Waals surface area contributed by atoms with Gasteiger partial charge in [0, 0.05) is 16.1 Å². The summed E-state index contributed by atoms with van der Waals surface area (Å²) < 4.78 is 5.14. The van der Waals surface area contributed by atoms with Crippen LogP contribution in [0.1, 0.15) is 25.7 Å². The van der Waals surface area contributed by atoms with Crippen LogP contribution in [-0.4, -0.2) is 23.9 Å². The predicted octanol–water partition coefficient (Wildman–Crippen LogP) is 3.86. The molecule has 0 fully saturated rings. The minimum absolute atomic E-state index is 0.389. The van der Waals surface area contributed by atoms with E-state index < -0.39 is 11.8 Å². The zero-order valence-electron chi connectivity index (χ0n) is 14.6. The Morgan fingerprint density at radius 1 is 1.00 bits per heavy atom. The van der Waals surface area contributed by atoms with E-state index in [1.165, 1.54) is 11.3 Å². The maximum Gasteiger partial charge on any atom is 0.281 e. The number of hydrazine groups is 1. The summed E-state index contributed by atoms with van der Waals surface area (Å²) in [5, 5.41) is 1.24. The number of thiazole rings is 1. The second-order valence-electron chi connectivity index (χ2n) is 5.58. The molecule has 138 valence electrons. The molecule has 0 unspecified atom stereocenters. The SMILES string of the molecule is COc1ccc(-c2nc(C)c(C(=O)NNC(=O)c3ccc(Cl)cc3)s2)cc1. The van der Waals surface area contributed by atoms with Crippen molar-refractivity contribution < 1.29 is 14.3 Å². The Morgan fingerprint density at radius 2 is 1.63 bits per heavy atom. The highest BCUT2D eigenvalue weighted by Gasteiger charge is 2.17. The normalized spacial score (nSPS) is 10.3. The van der Waals surface area contributed by atoms with Crippen LogP contribution >= 0.6 is 22.9 Å². The molecule has 0 saturated carbocycles. The van der Waals surface area contributed by atoms with Gasteiger partial charge in [0.1, 0.15) is 15.6 Å². The molecule has 0 spiro atoms. The Balaban J connectivity index is 1.68. The Hall–Kier alpha value is -2.90. The molecule has 0 aliphatic heterocycles. The Bertz CT molecular complexity index is 969. The number of hydrogen-bond donors (Lipinski definition) is 2. The van der Waals surface area contributed by atoms with Crippen LogP contribution in [0.5, 0.6) is 5.75 Å². The topological polar surface area (TPSA) is 80.3 Å². The second-order valence-corrected chi connectivity index (χ2v) is 7.01. The average Bonchev–Trinajstić information content (AvgIpc) is 3.08. The molecule has 2 amide bonds. The van der Waals surface area contributed by atoms with Crippen molar-refractivity contribution in [2.45, 2.75) is 6.92 Å². The number of rotatable bonds is 4. The number of amides is 2. The summed E-state index contributed by atoms with van der Waals surface area (Å²) in [6, 6.07) is 13.8. The number of aromatic nitrogens is 1. The fraction of sp³-hybridized carbons (Fsp3) is 0.105. The summed E-state index contributed by atoms with van der Waals surface area (Å²) in [6.45, 7) is 1.75. The third kappa shape index (κ3) is 4.45. The second kappa shape index (κ2) is 8.20. The standard InChI is InChI=1S/C19H16ClN3O3S/c1-11-16(27-19(21-11)13-5-9-15(26-2)10-6-13)18(25)23-22-17(24)12-3-7-14(20)8-4-12/h3-10H,1-2H3,(H,22,24)(H,23,25). The molecule has 1 heterocycles. The summed E-state index contributed by atoms with van der Waals surface area (Å²) in [6.07, 6.45) is 0. The molecule has 2 aromatic carbocycles. The summed E-state index contributed by atoms with van der Waals surface area (Å²) in [7, 11) is 1.60. The molecular formula is C19H16ClN3O3S. The van der Waals surface area contributed by atoms with Gasteiger partial charge in [-0.3, -0.25) is 20.4 Å². The molecule has 1 aromatic heterocycles. The number of aryl methyl sites for hydroxylation is 1. The van der Waals surface area contributed by atoms with Crippen LogP contribution in [0.4, 0.5) is 0 Å². The Kier molecular flexibility index (Phi) is 5.73. The van der Waals surface area contributed by atoms with Crippen molar-refractivity contribution in [2.75, 3.05) is 7.11 Å². The van der Waals surface area contributed by atoms with Crippen LogP contribution in [0.2, 0.25) is 5.02 Å². The third-order valence-electron chi connectivity index (χ3n) is 3.74. The fourth-order valence-corrected chi connectivity index (χ4v) is 3.40. The highest BCUT2D eigenvalue weighted by molar-refractivity contribution is 7.17. The van der Waals surface area contributed by atoms with Gasteiger partial charge in [0.25, 0.3) is 11.8 Å². The largest absolute Gasteiger partial charge is 0.497 e. The number of ether oxygens (including phenoxy) is 1. The van der Waals surface area contributed by atoms with Crippen LogP contribution in [0.25, 0.3) is 10.6 Å². The number of nitrogens with zero attached hydrogens (tertiary/aromatic N) is 1. The first-order valence-corrected chi connectivity index (χ1v) is 9.15. The van der Waals surface area contributed by atoms with Crippen LogP contribution < -0.4 is 15.6 Å². The number of methoxy groups -OCH3 is 1. The highest BCUT2D eigenvalue weighted by atomic mass is 35.5. The van der Waals surface area contributed by atoms with Crippen molar-refractivity contribution in [3.63, 3.8) is 0 Å². The monoisotopic (exact) mass is 401 g/mol. The van der Waals surface area contributed by atoms with E-state index in [0.29, 0.717) is 26.2 Å². The van der Waals surface area contributed by atoms with E-state index in [9.17, 15) is 9.59 Å². The van der Waals surface area contributed by atoms with E-state index in [-0.39, 0.29) is 0 Å². The molecule has 2 N–H and O–H groups in total. The third-order valence-corrected chi connectivity index (χ3v) is 5.19. The minimum Gasteiger partial charge on any atom is -0.497 e. The molecule has 0 aliphatic rings. The quantitative estimate of drug-likeness (QED) is 0.650. The van der Waals surface area contributed by atoms with Gasteiger partial charge in [-0.2, -0.15) is 0 Å². The molecule has 0 saturated heterocycles. The Morgan fingerprint density at radius 3 is 2.26 bits per heavy atom. The van der Waals surface area contributed by atoms with E-state index >= 15 is 0 Å². The van der Waals surface area contributed by atoms with Crippen molar-refractivity contribution in [3.05, 3.63) is 69.7 Å². The lowest BCUT2D eigenvalue weighted by Gasteiger charge is -2.06. The Labute approximate surface area is 165 Å². The summed E-state index contributed by atoms with van der Waals surface area (Å²) in [5.74, 6) is -0.112. The first-order valence-electron chi connectivity index (χ1n) is 7.96. The van der Waals surface area contributed by atoms with Gasteiger partial charge in [-0.05, 0) is 55.5 Å². The van der Waals surface area contributed by atoms with Crippen molar-refractivity contribution in [1.29, 1.82) is 0 Å². The lowest BCUT2D eigenvalue weighted by molar-refractivity contribution is 0.0848. The molecule has 0 atom stereocenters. The van der Waals surface area contributed by atoms with Crippen molar-refractivity contribution in [3.8, 4) is 16.3 Å². The first kappa shape index (κ1) is 18.9. The first-order chi connectivity index (χ1) is 13.0. The minimum atomic E-state index is -0.433. The number of hydrogen-bond acceptors (Lipinski definition) is 5. The number of carbonyl (C=O) groups excluding carboxylic acids is 2. The van der Waals surface area contributed by atoms with Gasteiger partial charge >= 0.3 is 0 Å². The van der Waals surface area contributed by atoms with Crippen molar-refractivity contribution in [1.82, 2.24) is 15.8 Å². The molecule has 0 bridgehead atoms. The highest BCUT2D eigenvalue weighted by Crippen LogP contribution is 2.29. The van der Waals surface area contributed by atoms with E-state index in [2.05, 4.69) is 15.8 Å². The number of nitrogens with one attached hydrogen (secondary N) is 2. The van der Waals surface area contributed by atoms with Crippen LogP contribution in [0.3, 0.4) is 0 Å². The van der Waals surface area contributed by atoms with E-state index in [4.69, 9.17) is 16.3 Å². The average molecular weight is 402 g/mol. The van der Waals surface area contributed by atoms with Gasteiger partial charge in [-0.25, -0.2) is 4.98 Å². The zero-order valence-corrected chi connectivity index (χ0v) is 16.1. The van der Waals surface area contributed by atoms with Crippen LogP contribution in [-0.2, 0) is 0 Å². The summed E-state index contributed by atoms with van der Waals surface area (Å²) >= 11 is 7.05. The summed E-state index contributed by atoms with van der Waals surface area (Å²) in [4.78, 5) is 29.3. The van der Waals surface area contributed by atoms with Crippen LogP contribution in [0, 0.1) is 6.92 Å². The smallest absolute Gasteiger partial charge is 0.281 e. The maximum absolute atomic E-state index is 12.4. The number of benzene rings is 2. The van der Waals surface area contributed by atoms with Gasteiger partial charge in [-0.15, -0.1) is 11.3 Å². The van der Waals surface area contributed by atoms with E-state index in [1.54, 1.807) is 38.3 Å². The van der Waals surface area contributed by atoms with Gasteiger partial charge in [0.2, 0.25) is 0 Å². The molecule has 3 rings (SSSR count). The molecule has 8 heteroatoms. The van der Waals surface area contributed by atoms with Crippen molar-refractivity contribution >= 4 is 34.8 Å². The van der Waals surface area contributed by atoms with Gasteiger partial charge in [-0.1, -0.05) is 11.6 Å². The molecule has 6 nitrogen and oxygen atoms in total. The molecule has 0 aliphatic carbocycles. The fourth-order valence-electron chi connectivity index (χ4n) is 2.31. The lowest BCUT2D eigenvalue weighted by atomic mass is 10.2. The molecule has 27 heavy (non-hydrogen) atoms. The van der Waals surface area contributed by atoms with Gasteiger partial charge in [0.15, 0.2) is 0 Å². The zero-order chi connectivity index (χ0) is 19.4. The molecule has 0 radical (unpaired) electrons. The number of halogens is 1. The van der Waals surface area contributed by atoms with Gasteiger partial charge in [0.05, 0.1) is 12.8 Å². The van der Waals surface area contributed by atoms with E-state index in [1.807, 2.05) is 24.3 Å².